The molecular weight excluding hydrogens is 454 g/mol. The van der Waals surface area contributed by atoms with E-state index in [1.807, 2.05) is 0 Å². The minimum atomic E-state index is -0.594. The first-order valence-corrected chi connectivity index (χ1v) is 12.1. The molecule has 0 heterocycles. The maximum Gasteiger partial charge on any atom is 0.338 e. The largest absolute Gasteiger partial charge is 0.462 e. The number of non-ortho nitro benzene ring substituents is 1. The van der Waals surface area contributed by atoms with Gasteiger partial charge >= 0.3 is 17.9 Å². The van der Waals surface area contributed by atoms with E-state index >= 15 is 0 Å². The fourth-order valence-electron chi connectivity index (χ4n) is 7.51. The monoisotopic (exact) mass is 487 g/mol. The first-order valence-electron chi connectivity index (χ1n) is 12.1. The minimum absolute atomic E-state index is 0.0576. The molecular formula is C26H33NO8. The number of fused-ring (bicyclic) bond motifs is 5. The van der Waals surface area contributed by atoms with Crippen molar-refractivity contribution in [2.75, 3.05) is 0 Å². The zero-order valence-corrected chi connectivity index (χ0v) is 21.0. The van der Waals surface area contributed by atoms with Gasteiger partial charge in [-0.2, -0.15) is 0 Å². The summed E-state index contributed by atoms with van der Waals surface area (Å²) in [7, 11) is 0. The molecule has 35 heavy (non-hydrogen) atoms. The number of rotatable bonds is 5. The topological polar surface area (TPSA) is 122 Å². The number of esters is 3. The third-order valence-electron chi connectivity index (χ3n) is 8.83. The minimum Gasteiger partial charge on any atom is -0.462 e. The second-order valence-corrected chi connectivity index (χ2v) is 11.2. The average Bonchev–Trinajstić information content (AvgIpc) is 2.85. The number of ether oxygens (including phenoxy) is 3. The molecule has 6 rings (SSSR count). The van der Waals surface area contributed by atoms with Crippen LogP contribution in [0.4, 0.5) is 5.69 Å². The molecule has 5 aliphatic carbocycles. The van der Waals surface area contributed by atoms with Crippen molar-refractivity contribution in [2.45, 2.75) is 72.7 Å². The maximum atomic E-state index is 13.2. The third kappa shape index (κ3) is 3.98. The summed E-state index contributed by atoms with van der Waals surface area (Å²) in [6, 6.07) is 5.29. The zero-order valence-electron chi connectivity index (χ0n) is 21.0. The molecule has 0 N–H and O–H groups in total. The van der Waals surface area contributed by atoms with Gasteiger partial charge in [-0.15, -0.1) is 0 Å². The summed E-state index contributed by atoms with van der Waals surface area (Å²) in [5.41, 5.74) is -0.820. The van der Waals surface area contributed by atoms with Crippen LogP contribution >= 0.6 is 0 Å². The molecule has 190 valence electrons. The zero-order chi connectivity index (χ0) is 25.9. The standard InChI is InChI=1S/C26H33NO8/c1-13-11-18(33-14(2)28)22-23-21(13)26(22,6)20(12-19(25(23,4)5)34-15(3)29)35-24(30)16-7-9-17(10-8-16)27(31)32/h7-10,13,18-23H,11-12H2,1-6H3/t13-,18+,19+,20+,21-,22+,23+,26+/m0/s1. The van der Waals surface area contributed by atoms with E-state index < -0.39 is 39.9 Å². The molecule has 9 nitrogen and oxygen atoms in total. The molecule has 9 heteroatoms. The van der Waals surface area contributed by atoms with Crippen molar-refractivity contribution in [3.8, 4) is 0 Å². The van der Waals surface area contributed by atoms with Gasteiger partial charge in [0.25, 0.3) is 5.69 Å². The molecule has 0 spiro atoms. The smallest absolute Gasteiger partial charge is 0.338 e. The molecule has 0 unspecified atom stereocenters. The van der Waals surface area contributed by atoms with E-state index in [2.05, 4.69) is 27.7 Å². The summed E-state index contributed by atoms with van der Waals surface area (Å²) in [5, 5.41) is 11.0. The average molecular weight is 488 g/mol. The van der Waals surface area contributed by atoms with Crippen LogP contribution < -0.4 is 0 Å². The van der Waals surface area contributed by atoms with Crippen molar-refractivity contribution in [2.24, 2.45) is 34.5 Å². The Morgan fingerprint density at radius 3 is 2.03 bits per heavy atom. The highest BCUT2D eigenvalue weighted by Crippen LogP contribution is 2.74. The molecule has 5 aliphatic rings. The van der Waals surface area contributed by atoms with E-state index in [0.717, 1.165) is 6.42 Å². The van der Waals surface area contributed by atoms with Crippen molar-refractivity contribution in [1.29, 1.82) is 0 Å². The van der Waals surface area contributed by atoms with Crippen LogP contribution in [0, 0.1) is 44.6 Å². The van der Waals surface area contributed by atoms with Crippen LogP contribution in [0.1, 0.15) is 64.7 Å². The molecule has 0 aliphatic heterocycles. The van der Waals surface area contributed by atoms with Gasteiger partial charge in [0.15, 0.2) is 0 Å². The summed E-state index contributed by atoms with van der Waals surface area (Å²) in [5.74, 6) is -0.888. The third-order valence-corrected chi connectivity index (χ3v) is 8.83. The highest BCUT2D eigenvalue weighted by Gasteiger charge is 2.76. The fourth-order valence-corrected chi connectivity index (χ4v) is 7.51. The number of hydrogen-bond acceptors (Lipinski definition) is 8. The van der Waals surface area contributed by atoms with Gasteiger partial charge in [-0.3, -0.25) is 19.7 Å². The summed E-state index contributed by atoms with van der Waals surface area (Å²) in [6.45, 7) is 11.2. The van der Waals surface area contributed by atoms with Crippen LogP contribution in [0.2, 0.25) is 0 Å². The van der Waals surface area contributed by atoms with Crippen LogP contribution in [0.3, 0.4) is 0 Å². The number of nitro benzene ring substituents is 1. The molecule has 0 aromatic heterocycles. The Morgan fingerprint density at radius 2 is 1.49 bits per heavy atom. The van der Waals surface area contributed by atoms with Crippen LogP contribution in [0.5, 0.6) is 0 Å². The van der Waals surface area contributed by atoms with E-state index in [0.29, 0.717) is 6.42 Å². The summed E-state index contributed by atoms with van der Waals surface area (Å²) >= 11 is 0. The van der Waals surface area contributed by atoms with Crippen molar-refractivity contribution < 1.29 is 33.5 Å². The van der Waals surface area contributed by atoms with Gasteiger partial charge in [0, 0.05) is 49.1 Å². The Kier molecular flexibility index (Phi) is 6.18. The van der Waals surface area contributed by atoms with Crippen LogP contribution in [-0.4, -0.2) is 41.1 Å². The molecule has 5 fully saturated rings. The molecule has 0 radical (unpaired) electrons. The van der Waals surface area contributed by atoms with Crippen molar-refractivity contribution >= 4 is 23.6 Å². The van der Waals surface area contributed by atoms with Crippen molar-refractivity contribution in [3.05, 3.63) is 39.9 Å². The van der Waals surface area contributed by atoms with Gasteiger partial charge in [-0.05, 0) is 36.3 Å². The van der Waals surface area contributed by atoms with E-state index in [4.69, 9.17) is 14.2 Å². The number of hydrogen-bond donors (Lipinski definition) is 0. The Morgan fingerprint density at radius 1 is 0.886 bits per heavy atom. The van der Waals surface area contributed by atoms with Gasteiger partial charge < -0.3 is 14.2 Å². The molecule has 5 saturated carbocycles. The number of nitrogens with zero attached hydrogens (tertiary/aromatic N) is 1. The number of carbonyl (C=O) groups excluding carboxylic acids is 3. The predicted octanol–water partition coefficient (Wildman–Crippen LogP) is 4.32. The number of carbonyl (C=O) groups is 3. The Balaban J connectivity index is 1.72. The molecule has 8 atom stereocenters. The summed E-state index contributed by atoms with van der Waals surface area (Å²) in [6.07, 6.45) is -0.345. The Labute approximate surface area is 204 Å². The lowest BCUT2D eigenvalue weighted by molar-refractivity contribution is -0.384. The van der Waals surface area contributed by atoms with Gasteiger partial charge in [-0.25, -0.2) is 4.79 Å². The fraction of sp³-hybridized carbons (Fsp3) is 0.654. The van der Waals surface area contributed by atoms with Gasteiger partial charge in [-0.1, -0.05) is 27.7 Å². The van der Waals surface area contributed by atoms with Crippen LogP contribution in [0.25, 0.3) is 0 Å². The van der Waals surface area contributed by atoms with E-state index in [9.17, 15) is 24.5 Å². The number of benzene rings is 1. The van der Waals surface area contributed by atoms with Crippen molar-refractivity contribution in [3.63, 3.8) is 0 Å². The molecule has 0 amide bonds. The van der Waals surface area contributed by atoms with E-state index in [1.54, 1.807) is 0 Å². The highest BCUT2D eigenvalue weighted by molar-refractivity contribution is 5.89. The van der Waals surface area contributed by atoms with Gasteiger partial charge in [0.05, 0.1) is 10.5 Å². The second kappa shape index (κ2) is 8.60. The van der Waals surface area contributed by atoms with Crippen LogP contribution in [0.15, 0.2) is 24.3 Å². The normalized spacial score (nSPS) is 36.7. The highest BCUT2D eigenvalue weighted by atomic mass is 16.6. The number of nitro groups is 1. The Hall–Kier alpha value is -2.97. The lowest BCUT2D eigenvalue weighted by Crippen LogP contribution is -2.72. The molecule has 4 bridgehead atoms. The maximum absolute atomic E-state index is 13.2. The summed E-state index contributed by atoms with van der Waals surface area (Å²) < 4.78 is 17.7. The SMILES string of the molecule is CC(=O)O[C@@H]1C[C@H](C)[C@H]2[C@@H]3[C@@H]1[C@]2(C)[C@H](OC(=O)c1ccc([N+](=O)[O-])cc1)C[C@@H](OC(C)=O)C3(C)C. The quantitative estimate of drug-likeness (QED) is 0.260. The lowest BCUT2D eigenvalue weighted by Gasteiger charge is -2.70. The lowest BCUT2D eigenvalue weighted by atomic mass is 9.35. The van der Waals surface area contributed by atoms with Crippen molar-refractivity contribution in [1.82, 2.24) is 0 Å². The van der Waals surface area contributed by atoms with E-state index in [-0.39, 0.29) is 47.0 Å². The second-order valence-electron chi connectivity index (χ2n) is 11.2. The predicted molar refractivity (Wildman–Crippen MR) is 124 cm³/mol. The molecule has 1 aromatic rings. The van der Waals surface area contributed by atoms with Gasteiger partial charge in [0.2, 0.25) is 0 Å². The van der Waals surface area contributed by atoms with Crippen LogP contribution in [-0.2, 0) is 23.8 Å². The first kappa shape index (κ1) is 25.1. The summed E-state index contributed by atoms with van der Waals surface area (Å²) in [4.78, 5) is 47.6. The van der Waals surface area contributed by atoms with Gasteiger partial charge in [0.1, 0.15) is 18.3 Å². The first-order chi connectivity index (χ1) is 16.3. The molecule has 1 aromatic carbocycles. The Bertz CT molecular complexity index is 1050. The van der Waals surface area contributed by atoms with E-state index in [1.165, 1.54) is 38.1 Å². The molecule has 0 saturated heterocycles.